The minimum Gasteiger partial charge on any atom is -0.377 e. The highest BCUT2D eigenvalue weighted by Gasteiger charge is 2.47. The van der Waals surface area contributed by atoms with Gasteiger partial charge >= 0.3 is 6.18 Å². The van der Waals surface area contributed by atoms with Crippen molar-refractivity contribution in [3.05, 3.63) is 52.3 Å². The molecule has 0 spiro atoms. The van der Waals surface area contributed by atoms with E-state index in [4.69, 9.17) is 9.47 Å². The normalized spacial score (nSPS) is 22.5. The van der Waals surface area contributed by atoms with E-state index < -0.39 is 18.3 Å². The molecule has 2 aliphatic rings. The van der Waals surface area contributed by atoms with Crippen molar-refractivity contribution in [1.29, 1.82) is 0 Å². The quantitative estimate of drug-likeness (QED) is 0.695. The van der Waals surface area contributed by atoms with Crippen molar-refractivity contribution in [2.75, 3.05) is 43.2 Å². The van der Waals surface area contributed by atoms with Crippen molar-refractivity contribution in [1.82, 2.24) is 9.55 Å². The Morgan fingerprint density at radius 1 is 1.25 bits per heavy atom. The van der Waals surface area contributed by atoms with Gasteiger partial charge in [-0.1, -0.05) is 30.3 Å². The Morgan fingerprint density at radius 2 is 2.00 bits per heavy atom. The van der Waals surface area contributed by atoms with Crippen LogP contribution in [0.2, 0.25) is 0 Å². The molecule has 0 radical (unpaired) electrons. The maximum absolute atomic E-state index is 14.0. The van der Waals surface area contributed by atoms with Gasteiger partial charge in [0.15, 0.2) is 0 Å². The number of halogens is 3. The minimum atomic E-state index is -4.47. The molecule has 0 bridgehead atoms. The monoisotopic (exact) mass is 452 g/mol. The van der Waals surface area contributed by atoms with E-state index in [9.17, 15) is 18.0 Å². The van der Waals surface area contributed by atoms with Gasteiger partial charge in [0, 0.05) is 26.3 Å². The topological polar surface area (TPSA) is 59.8 Å². The van der Waals surface area contributed by atoms with Gasteiger partial charge in [0.2, 0.25) is 5.95 Å². The number of anilines is 2. The van der Waals surface area contributed by atoms with Crippen LogP contribution in [0, 0.1) is 0 Å². The molecule has 0 aliphatic carbocycles. The molecule has 3 heterocycles. The van der Waals surface area contributed by atoms with E-state index in [2.05, 4.69) is 4.98 Å². The lowest BCUT2D eigenvalue weighted by molar-refractivity contribution is -0.153. The van der Waals surface area contributed by atoms with Gasteiger partial charge in [-0.05, 0) is 18.9 Å². The summed E-state index contributed by atoms with van der Waals surface area (Å²) in [6.07, 6.45) is -5.31. The van der Waals surface area contributed by atoms with E-state index in [1.54, 1.807) is 0 Å². The number of alkyl halides is 3. The van der Waals surface area contributed by atoms with Gasteiger partial charge in [-0.15, -0.1) is 0 Å². The van der Waals surface area contributed by atoms with Gasteiger partial charge < -0.3 is 19.3 Å². The van der Waals surface area contributed by atoms with Crippen LogP contribution in [0.4, 0.5) is 24.9 Å². The van der Waals surface area contributed by atoms with Crippen LogP contribution in [0.25, 0.3) is 0 Å². The maximum Gasteiger partial charge on any atom is 0.408 e. The third kappa shape index (κ3) is 4.47. The van der Waals surface area contributed by atoms with Crippen LogP contribution < -0.4 is 15.4 Å². The molecule has 2 aromatic rings. The molecular formula is C22H27F3N4O3. The number of rotatable bonds is 5. The molecule has 1 saturated heterocycles. The van der Waals surface area contributed by atoms with Gasteiger partial charge in [-0.2, -0.15) is 18.2 Å². The average Bonchev–Trinajstić information content (AvgIpc) is 2.77. The van der Waals surface area contributed by atoms with Crippen molar-refractivity contribution >= 4 is 11.8 Å². The summed E-state index contributed by atoms with van der Waals surface area (Å²) >= 11 is 0. The van der Waals surface area contributed by atoms with E-state index in [1.165, 1.54) is 22.6 Å². The summed E-state index contributed by atoms with van der Waals surface area (Å²) in [6, 6.07) is 8.70. The highest BCUT2D eigenvalue weighted by Crippen LogP contribution is 2.36. The van der Waals surface area contributed by atoms with Gasteiger partial charge in [0.05, 0.1) is 31.9 Å². The zero-order valence-electron chi connectivity index (χ0n) is 18.1. The first-order valence-electron chi connectivity index (χ1n) is 10.7. The smallest absolute Gasteiger partial charge is 0.377 e. The van der Waals surface area contributed by atoms with Crippen LogP contribution in [-0.4, -0.2) is 61.2 Å². The number of aromatic nitrogens is 2. The lowest BCUT2D eigenvalue weighted by Gasteiger charge is -2.41. The Bertz CT molecular complexity index is 983. The number of hydrogen-bond donors (Lipinski definition) is 0. The Kier molecular flexibility index (Phi) is 6.43. The number of benzene rings is 1. The van der Waals surface area contributed by atoms with Crippen molar-refractivity contribution < 1.29 is 22.6 Å². The summed E-state index contributed by atoms with van der Waals surface area (Å²) in [5, 5.41) is 0. The van der Waals surface area contributed by atoms with E-state index >= 15 is 0 Å². The fourth-order valence-corrected chi connectivity index (χ4v) is 4.38. The molecule has 1 aromatic carbocycles. The second kappa shape index (κ2) is 9.11. The molecule has 0 saturated carbocycles. The predicted molar refractivity (Wildman–Crippen MR) is 114 cm³/mol. The van der Waals surface area contributed by atoms with Crippen molar-refractivity contribution in [3.63, 3.8) is 0 Å². The first-order valence-corrected chi connectivity index (χ1v) is 10.7. The number of hydrogen-bond acceptors (Lipinski definition) is 6. The summed E-state index contributed by atoms with van der Waals surface area (Å²) < 4.78 is 54.4. The number of ether oxygens (including phenoxy) is 2. The van der Waals surface area contributed by atoms with E-state index in [0.29, 0.717) is 25.6 Å². The molecule has 0 unspecified atom stereocenters. The third-order valence-electron chi connectivity index (χ3n) is 6.09. The Hall–Kier alpha value is -2.59. The first kappa shape index (κ1) is 22.6. The first-order chi connectivity index (χ1) is 15.3. The number of fused-ring (bicyclic) bond motifs is 1. The highest BCUT2D eigenvalue weighted by molar-refractivity contribution is 5.48. The summed E-state index contributed by atoms with van der Waals surface area (Å²) in [4.78, 5) is 20.6. The van der Waals surface area contributed by atoms with Crippen LogP contribution in [-0.2, 0) is 16.0 Å². The minimum absolute atomic E-state index is 0.0257. The predicted octanol–water partition coefficient (Wildman–Crippen LogP) is 3.00. The molecular weight excluding hydrogens is 425 g/mol. The number of morpholine rings is 1. The zero-order valence-corrected chi connectivity index (χ0v) is 18.1. The summed E-state index contributed by atoms with van der Waals surface area (Å²) in [5.74, 6) is 0.399. The lowest BCUT2D eigenvalue weighted by Crippen LogP contribution is -2.54. The number of methoxy groups -OCH3 is 1. The summed E-state index contributed by atoms with van der Waals surface area (Å²) in [6.45, 7) is 3.27. The van der Waals surface area contributed by atoms with E-state index in [-0.39, 0.29) is 37.1 Å². The van der Waals surface area contributed by atoms with Crippen LogP contribution in [0.1, 0.15) is 25.0 Å². The molecule has 174 valence electrons. The Morgan fingerprint density at radius 3 is 2.66 bits per heavy atom. The molecule has 1 aromatic heterocycles. The molecule has 3 atom stereocenters. The third-order valence-corrected chi connectivity index (χ3v) is 6.09. The molecule has 0 amide bonds. The van der Waals surface area contributed by atoms with Crippen LogP contribution in [0.3, 0.4) is 0 Å². The fraction of sp³-hybridized carbons (Fsp3) is 0.545. The second-order valence-corrected chi connectivity index (χ2v) is 8.16. The molecule has 1 fully saturated rings. The molecule has 0 N–H and O–H groups in total. The van der Waals surface area contributed by atoms with Crippen LogP contribution >= 0.6 is 0 Å². The van der Waals surface area contributed by atoms with Crippen LogP contribution in [0.5, 0.6) is 0 Å². The Balaban J connectivity index is 1.77. The molecule has 4 rings (SSSR count). The van der Waals surface area contributed by atoms with E-state index in [0.717, 1.165) is 5.56 Å². The SMILES string of the molecule is CO[C@@H](CN1c2nc(N3CCOC[C@H]3C)cc(=O)n2CC[C@H]1C(F)(F)F)c1ccccc1. The summed E-state index contributed by atoms with van der Waals surface area (Å²) in [7, 11) is 1.47. The molecule has 32 heavy (non-hydrogen) atoms. The van der Waals surface area contributed by atoms with Gasteiger partial charge in [-0.3, -0.25) is 9.36 Å². The molecule has 7 nitrogen and oxygen atoms in total. The van der Waals surface area contributed by atoms with Gasteiger partial charge in [-0.25, -0.2) is 0 Å². The number of nitrogens with zero attached hydrogens (tertiary/aromatic N) is 4. The van der Waals surface area contributed by atoms with Crippen LogP contribution in [0.15, 0.2) is 41.2 Å². The maximum atomic E-state index is 14.0. The average molecular weight is 452 g/mol. The summed E-state index contributed by atoms with van der Waals surface area (Å²) in [5.41, 5.74) is 0.399. The molecule has 10 heteroatoms. The van der Waals surface area contributed by atoms with Crippen molar-refractivity contribution in [3.8, 4) is 0 Å². The lowest BCUT2D eigenvalue weighted by atomic mass is 10.1. The fourth-order valence-electron chi connectivity index (χ4n) is 4.38. The van der Waals surface area contributed by atoms with Crippen molar-refractivity contribution in [2.45, 2.75) is 44.3 Å². The zero-order chi connectivity index (χ0) is 22.9. The van der Waals surface area contributed by atoms with Gasteiger partial charge in [0.25, 0.3) is 5.56 Å². The molecule has 2 aliphatic heterocycles. The van der Waals surface area contributed by atoms with E-state index in [1.807, 2.05) is 42.2 Å². The largest absolute Gasteiger partial charge is 0.408 e. The highest BCUT2D eigenvalue weighted by atomic mass is 19.4. The standard InChI is InChI=1S/C22H27F3N4O3/c1-15-14-32-11-10-27(15)19-12-20(30)28-9-8-18(22(23,24)25)29(21(28)26-19)13-17(31-2)16-6-4-3-5-7-16/h3-7,12,15,17-18H,8-11,13-14H2,1-2H3/t15-,17+,18+/m1/s1. The van der Waals surface area contributed by atoms with Crippen molar-refractivity contribution in [2.24, 2.45) is 0 Å². The second-order valence-electron chi connectivity index (χ2n) is 8.16. The Labute approximate surface area is 184 Å². The van der Waals surface area contributed by atoms with Gasteiger partial charge in [0.1, 0.15) is 11.9 Å².